The van der Waals surface area contributed by atoms with Crippen molar-refractivity contribution >= 4 is 33.0 Å². The van der Waals surface area contributed by atoms with Crippen LogP contribution < -0.4 is 9.47 Å². The van der Waals surface area contributed by atoms with E-state index in [1.165, 1.54) is 0 Å². The summed E-state index contributed by atoms with van der Waals surface area (Å²) < 4.78 is 39.4. The number of hydrogen-bond acceptors (Lipinski definition) is 5. The molecule has 2 aliphatic rings. The normalized spacial score (nSPS) is 21.1. The Balaban J connectivity index is 1.68. The summed E-state index contributed by atoms with van der Waals surface area (Å²) in [5, 5.41) is 0. The molecule has 1 fully saturated rings. The number of sulfonamides is 1. The zero-order valence-electron chi connectivity index (χ0n) is 12.8. The van der Waals surface area contributed by atoms with Crippen LogP contribution in [0.15, 0.2) is 34.5 Å². The minimum Gasteiger partial charge on any atom is -0.486 e. The molecule has 0 aliphatic carbocycles. The van der Waals surface area contributed by atoms with Gasteiger partial charge in [0.1, 0.15) is 17.4 Å². The third-order valence-corrected chi connectivity index (χ3v) is 7.87. The fourth-order valence-electron chi connectivity index (χ4n) is 3.18. The van der Waals surface area contributed by atoms with Crippen LogP contribution in [0, 0.1) is 0 Å². The Morgan fingerprint density at radius 2 is 1.92 bits per heavy atom. The number of benzene rings is 1. The van der Waals surface area contributed by atoms with Crippen molar-refractivity contribution in [3.8, 4) is 11.5 Å². The SMILES string of the molecule is O=S(=O)(c1ccc(Cl)s1)N1CCC[C@@H]1c1ccc2c(c1)OCCO2. The van der Waals surface area contributed by atoms with Crippen molar-refractivity contribution in [3.63, 3.8) is 0 Å². The molecule has 24 heavy (non-hydrogen) atoms. The maximum absolute atomic E-state index is 12.9. The molecular formula is C16H16ClNO4S2. The summed E-state index contributed by atoms with van der Waals surface area (Å²) in [7, 11) is -3.54. The molecule has 0 radical (unpaired) electrons. The van der Waals surface area contributed by atoms with Crippen LogP contribution in [0.25, 0.3) is 0 Å². The van der Waals surface area contributed by atoms with Gasteiger partial charge in [-0.3, -0.25) is 0 Å². The number of nitrogens with zero attached hydrogens (tertiary/aromatic N) is 1. The van der Waals surface area contributed by atoms with Crippen LogP contribution in [-0.4, -0.2) is 32.5 Å². The maximum atomic E-state index is 12.9. The van der Waals surface area contributed by atoms with Crippen molar-refractivity contribution in [2.45, 2.75) is 23.1 Å². The van der Waals surface area contributed by atoms with Gasteiger partial charge in [0.2, 0.25) is 0 Å². The van der Waals surface area contributed by atoms with Gasteiger partial charge in [-0.05, 0) is 42.7 Å². The lowest BCUT2D eigenvalue weighted by molar-refractivity contribution is 0.171. The lowest BCUT2D eigenvalue weighted by Gasteiger charge is -2.25. The third kappa shape index (κ3) is 2.79. The van der Waals surface area contributed by atoms with Crippen LogP contribution in [0.5, 0.6) is 11.5 Å². The minimum absolute atomic E-state index is 0.188. The quantitative estimate of drug-likeness (QED) is 0.808. The zero-order chi connectivity index (χ0) is 16.7. The van der Waals surface area contributed by atoms with E-state index in [-0.39, 0.29) is 10.3 Å². The van der Waals surface area contributed by atoms with Crippen molar-refractivity contribution in [1.29, 1.82) is 0 Å². The van der Waals surface area contributed by atoms with E-state index >= 15 is 0 Å². The van der Waals surface area contributed by atoms with Crippen LogP contribution >= 0.6 is 22.9 Å². The summed E-state index contributed by atoms with van der Waals surface area (Å²) in [6.45, 7) is 1.56. The monoisotopic (exact) mass is 385 g/mol. The number of fused-ring (bicyclic) bond motifs is 1. The van der Waals surface area contributed by atoms with Crippen LogP contribution in [0.2, 0.25) is 4.34 Å². The van der Waals surface area contributed by atoms with E-state index in [1.54, 1.807) is 16.4 Å². The van der Waals surface area contributed by atoms with Gasteiger partial charge in [0.05, 0.1) is 10.4 Å². The van der Waals surface area contributed by atoms with E-state index in [0.717, 1.165) is 29.7 Å². The summed E-state index contributed by atoms with van der Waals surface area (Å²) >= 11 is 7.00. The molecule has 0 unspecified atom stereocenters. The lowest BCUT2D eigenvalue weighted by Crippen LogP contribution is -2.30. The van der Waals surface area contributed by atoms with Crippen molar-refractivity contribution in [3.05, 3.63) is 40.2 Å². The second-order valence-corrected chi connectivity index (χ2v) is 9.57. The van der Waals surface area contributed by atoms with E-state index in [9.17, 15) is 8.42 Å². The van der Waals surface area contributed by atoms with Crippen LogP contribution in [0.3, 0.4) is 0 Å². The highest BCUT2D eigenvalue weighted by molar-refractivity contribution is 7.91. The maximum Gasteiger partial charge on any atom is 0.253 e. The van der Waals surface area contributed by atoms with Crippen molar-refractivity contribution in [1.82, 2.24) is 4.31 Å². The average molecular weight is 386 g/mol. The Hall–Kier alpha value is -1.28. The molecule has 0 amide bonds. The van der Waals surface area contributed by atoms with Gasteiger partial charge in [0, 0.05) is 6.54 Å². The number of thiophene rings is 1. The zero-order valence-corrected chi connectivity index (χ0v) is 15.2. The molecule has 1 aromatic heterocycles. The van der Waals surface area contributed by atoms with E-state index in [4.69, 9.17) is 21.1 Å². The topological polar surface area (TPSA) is 55.8 Å². The second kappa shape index (κ2) is 6.22. The number of ether oxygens (including phenoxy) is 2. The molecule has 3 heterocycles. The fourth-order valence-corrected chi connectivity index (χ4v) is 6.47. The highest BCUT2D eigenvalue weighted by atomic mass is 35.5. The molecule has 5 nitrogen and oxygen atoms in total. The summed E-state index contributed by atoms with van der Waals surface area (Å²) in [6.07, 6.45) is 1.62. The molecule has 2 aliphatic heterocycles. The van der Waals surface area contributed by atoms with Gasteiger partial charge in [0.15, 0.2) is 11.5 Å². The minimum atomic E-state index is -3.54. The largest absolute Gasteiger partial charge is 0.486 e. The molecule has 1 aromatic carbocycles. The number of hydrogen-bond donors (Lipinski definition) is 0. The van der Waals surface area contributed by atoms with Gasteiger partial charge in [0.25, 0.3) is 10.0 Å². The lowest BCUT2D eigenvalue weighted by atomic mass is 10.0. The molecular weight excluding hydrogens is 370 g/mol. The van der Waals surface area contributed by atoms with Crippen LogP contribution in [0.4, 0.5) is 0 Å². The van der Waals surface area contributed by atoms with Gasteiger partial charge < -0.3 is 9.47 Å². The Bertz CT molecular complexity index is 865. The number of halogens is 1. The Kier molecular flexibility index (Phi) is 4.20. The molecule has 1 saturated heterocycles. The molecule has 1 atom stereocenters. The molecule has 4 rings (SSSR count). The molecule has 0 spiro atoms. The van der Waals surface area contributed by atoms with Crippen molar-refractivity contribution in [2.75, 3.05) is 19.8 Å². The van der Waals surface area contributed by atoms with E-state index < -0.39 is 10.0 Å². The first-order valence-electron chi connectivity index (χ1n) is 7.72. The Morgan fingerprint density at radius 1 is 1.12 bits per heavy atom. The van der Waals surface area contributed by atoms with Crippen LogP contribution in [0.1, 0.15) is 24.4 Å². The molecule has 8 heteroatoms. The standard InChI is InChI=1S/C16H16ClNO4S2/c17-15-5-6-16(23-15)24(19,20)18-7-1-2-12(18)11-3-4-13-14(10-11)22-9-8-21-13/h3-6,10,12H,1-2,7-9H2/t12-/m1/s1. The molecule has 128 valence electrons. The molecule has 2 aromatic rings. The predicted molar refractivity (Wildman–Crippen MR) is 92.6 cm³/mol. The second-order valence-electron chi connectivity index (χ2n) is 5.74. The summed E-state index contributed by atoms with van der Waals surface area (Å²) in [6, 6.07) is 8.68. The molecule has 0 N–H and O–H groups in total. The predicted octanol–water partition coefficient (Wildman–Crippen LogP) is 3.70. The molecule has 0 saturated carbocycles. The van der Waals surface area contributed by atoms with E-state index in [1.807, 2.05) is 18.2 Å². The highest BCUT2D eigenvalue weighted by Gasteiger charge is 2.37. The summed E-state index contributed by atoms with van der Waals surface area (Å²) in [5.41, 5.74) is 0.933. The first kappa shape index (κ1) is 16.2. The van der Waals surface area contributed by atoms with Crippen molar-refractivity contribution < 1.29 is 17.9 Å². The van der Waals surface area contributed by atoms with Gasteiger partial charge in [-0.15, -0.1) is 11.3 Å². The van der Waals surface area contributed by atoms with Crippen molar-refractivity contribution in [2.24, 2.45) is 0 Å². The summed E-state index contributed by atoms with van der Waals surface area (Å²) in [4.78, 5) is 0. The highest BCUT2D eigenvalue weighted by Crippen LogP contribution is 2.41. The van der Waals surface area contributed by atoms with Crippen LogP contribution in [-0.2, 0) is 10.0 Å². The van der Waals surface area contributed by atoms with Gasteiger partial charge in [-0.25, -0.2) is 8.42 Å². The van der Waals surface area contributed by atoms with Gasteiger partial charge >= 0.3 is 0 Å². The average Bonchev–Trinajstić information content (AvgIpc) is 3.24. The van der Waals surface area contributed by atoms with E-state index in [0.29, 0.717) is 35.6 Å². The Labute approximate surface area is 149 Å². The first-order chi connectivity index (χ1) is 11.6. The van der Waals surface area contributed by atoms with Gasteiger partial charge in [-0.1, -0.05) is 17.7 Å². The summed E-state index contributed by atoms with van der Waals surface area (Å²) in [5.74, 6) is 1.39. The van der Waals surface area contributed by atoms with E-state index in [2.05, 4.69) is 0 Å². The number of rotatable bonds is 3. The smallest absolute Gasteiger partial charge is 0.253 e. The third-order valence-electron chi connectivity index (χ3n) is 4.27. The van der Waals surface area contributed by atoms with Gasteiger partial charge in [-0.2, -0.15) is 4.31 Å². The Morgan fingerprint density at radius 3 is 2.67 bits per heavy atom. The first-order valence-corrected chi connectivity index (χ1v) is 10.4. The fraction of sp³-hybridized carbons (Fsp3) is 0.375. The molecule has 0 bridgehead atoms.